The van der Waals surface area contributed by atoms with Crippen LogP contribution in [0.3, 0.4) is 0 Å². The van der Waals surface area contributed by atoms with E-state index in [1.807, 2.05) is 42.2 Å². The maximum Gasteiger partial charge on any atom is 0.231 e. The lowest BCUT2D eigenvalue weighted by atomic mass is 9.76. The van der Waals surface area contributed by atoms with E-state index in [2.05, 4.69) is 5.32 Å². The molecule has 2 aliphatic rings. The lowest BCUT2D eigenvalue weighted by Gasteiger charge is -2.47. The first-order chi connectivity index (χ1) is 11.9. The Hall–Kier alpha value is -2.37. The van der Waals surface area contributed by atoms with Crippen LogP contribution in [0.25, 0.3) is 0 Å². The molecule has 2 heterocycles. The summed E-state index contributed by atoms with van der Waals surface area (Å²) in [5.74, 6) is 0.401. The van der Waals surface area contributed by atoms with Gasteiger partial charge in [0.05, 0.1) is 18.4 Å². The first kappa shape index (κ1) is 17.5. The van der Waals surface area contributed by atoms with Gasteiger partial charge in [-0.1, -0.05) is 30.3 Å². The van der Waals surface area contributed by atoms with Gasteiger partial charge < -0.3 is 10.2 Å². The van der Waals surface area contributed by atoms with E-state index >= 15 is 0 Å². The molecule has 25 heavy (non-hydrogen) atoms. The number of rotatable bonds is 3. The third-order valence-electron chi connectivity index (χ3n) is 5.51. The molecule has 2 amide bonds. The van der Waals surface area contributed by atoms with Gasteiger partial charge in [-0.2, -0.15) is 0 Å². The van der Waals surface area contributed by atoms with E-state index in [4.69, 9.17) is 5.41 Å². The van der Waals surface area contributed by atoms with Crippen molar-refractivity contribution >= 4 is 17.8 Å². The fraction of sp³-hybridized carbons (Fsp3) is 0.526. The van der Waals surface area contributed by atoms with Crippen molar-refractivity contribution in [3.63, 3.8) is 0 Å². The molecule has 0 radical (unpaired) electrons. The predicted molar refractivity (Wildman–Crippen MR) is 96.1 cm³/mol. The summed E-state index contributed by atoms with van der Waals surface area (Å²) in [6.07, 6.45) is 2.66. The second kappa shape index (κ2) is 6.86. The molecule has 2 atom stereocenters. The van der Waals surface area contributed by atoms with Crippen molar-refractivity contribution in [2.75, 3.05) is 20.1 Å². The molecular weight excluding hydrogens is 316 g/mol. The number of hydrogen-bond donors (Lipinski definition) is 2. The Morgan fingerprint density at radius 2 is 2.08 bits per heavy atom. The summed E-state index contributed by atoms with van der Waals surface area (Å²) >= 11 is 0. The number of likely N-dealkylation sites (tertiary alicyclic amines) is 1. The van der Waals surface area contributed by atoms with E-state index in [1.54, 1.807) is 7.05 Å². The highest BCUT2D eigenvalue weighted by Crippen LogP contribution is 2.32. The number of amides is 2. The molecule has 1 aromatic carbocycles. The lowest BCUT2D eigenvalue weighted by molar-refractivity contribution is -0.134. The summed E-state index contributed by atoms with van der Waals surface area (Å²) in [5.41, 5.74) is 0.557. The largest absolute Gasteiger partial charge is 0.350 e. The molecule has 0 saturated carbocycles. The zero-order chi connectivity index (χ0) is 18.0. The van der Waals surface area contributed by atoms with Crippen LogP contribution < -0.4 is 5.32 Å². The maximum atomic E-state index is 12.7. The Morgan fingerprint density at radius 3 is 2.76 bits per heavy atom. The van der Waals surface area contributed by atoms with E-state index in [9.17, 15) is 9.59 Å². The minimum absolute atomic E-state index is 0.0426. The van der Waals surface area contributed by atoms with E-state index in [1.165, 1.54) is 4.90 Å². The Bertz CT molecular complexity index is 655. The lowest BCUT2D eigenvalue weighted by Crippen LogP contribution is -2.65. The van der Waals surface area contributed by atoms with E-state index in [0.29, 0.717) is 19.4 Å². The van der Waals surface area contributed by atoms with Crippen molar-refractivity contribution in [1.82, 2.24) is 15.1 Å². The van der Waals surface area contributed by atoms with Gasteiger partial charge in [-0.05, 0) is 31.2 Å². The number of nitrogens with zero attached hydrogens (tertiary/aromatic N) is 2. The third-order valence-corrected chi connectivity index (χ3v) is 5.51. The highest BCUT2D eigenvalue weighted by Gasteiger charge is 2.44. The molecule has 6 heteroatoms. The smallest absolute Gasteiger partial charge is 0.231 e. The third kappa shape index (κ3) is 3.67. The van der Waals surface area contributed by atoms with Crippen LogP contribution in [0.5, 0.6) is 0 Å². The molecule has 0 spiro atoms. The quantitative estimate of drug-likeness (QED) is 0.876. The van der Waals surface area contributed by atoms with Gasteiger partial charge in [0.15, 0.2) is 5.96 Å². The van der Waals surface area contributed by atoms with Gasteiger partial charge in [0.1, 0.15) is 0 Å². The molecule has 1 aromatic rings. The Kier molecular flexibility index (Phi) is 4.79. The number of piperidine rings is 1. The zero-order valence-corrected chi connectivity index (χ0v) is 14.9. The van der Waals surface area contributed by atoms with Gasteiger partial charge in [0.2, 0.25) is 11.8 Å². The molecule has 6 nitrogen and oxygen atoms in total. The maximum absolute atomic E-state index is 12.7. The van der Waals surface area contributed by atoms with Crippen molar-refractivity contribution in [2.45, 2.75) is 38.1 Å². The highest BCUT2D eigenvalue weighted by molar-refractivity contribution is 5.98. The van der Waals surface area contributed by atoms with Crippen molar-refractivity contribution in [2.24, 2.45) is 5.92 Å². The van der Waals surface area contributed by atoms with Gasteiger partial charge >= 0.3 is 0 Å². The van der Waals surface area contributed by atoms with Gasteiger partial charge in [-0.3, -0.25) is 19.9 Å². The van der Waals surface area contributed by atoms with Crippen LogP contribution in [0.4, 0.5) is 0 Å². The highest BCUT2D eigenvalue weighted by atomic mass is 16.2. The minimum Gasteiger partial charge on any atom is -0.350 e. The molecule has 0 aromatic heterocycles. The van der Waals surface area contributed by atoms with Gasteiger partial charge in [-0.15, -0.1) is 0 Å². The van der Waals surface area contributed by atoms with Crippen LogP contribution in [0.15, 0.2) is 30.3 Å². The SMILES string of the molecule is CN1C(=N)N[C@](C)(C2CCCN(C(=O)Cc3ccccc3)C2)CC1=O. The number of carbonyl (C=O) groups excluding carboxylic acids is 2. The van der Waals surface area contributed by atoms with Crippen LogP contribution in [0.2, 0.25) is 0 Å². The van der Waals surface area contributed by atoms with Gasteiger partial charge in [0.25, 0.3) is 0 Å². The average Bonchev–Trinajstić information content (AvgIpc) is 2.60. The summed E-state index contributed by atoms with van der Waals surface area (Å²) in [6.45, 7) is 3.41. The molecule has 0 aliphatic carbocycles. The summed E-state index contributed by atoms with van der Waals surface area (Å²) in [4.78, 5) is 28.1. The Balaban J connectivity index is 1.67. The van der Waals surface area contributed by atoms with E-state index in [-0.39, 0.29) is 23.7 Å². The molecule has 0 bridgehead atoms. The van der Waals surface area contributed by atoms with E-state index in [0.717, 1.165) is 24.9 Å². The molecule has 134 valence electrons. The number of guanidine groups is 1. The number of hydrogen-bond acceptors (Lipinski definition) is 3. The summed E-state index contributed by atoms with van der Waals surface area (Å²) in [7, 11) is 1.62. The first-order valence-electron chi connectivity index (χ1n) is 8.84. The summed E-state index contributed by atoms with van der Waals surface area (Å²) in [5, 5.41) is 11.2. The molecular formula is C19H26N4O2. The number of carbonyl (C=O) groups is 2. The molecule has 2 saturated heterocycles. The standard InChI is InChI=1S/C19H26N4O2/c1-19(12-17(25)22(2)18(20)21-19)15-9-6-10-23(13-15)16(24)11-14-7-4-3-5-8-14/h3-5,7-8,15H,6,9-13H2,1-2H3,(H2,20,21)/t15?,19-/m0/s1. The van der Waals surface area contributed by atoms with Crippen molar-refractivity contribution in [1.29, 1.82) is 5.41 Å². The second-order valence-corrected chi connectivity index (χ2v) is 7.36. The van der Waals surface area contributed by atoms with Gasteiger partial charge in [0, 0.05) is 20.1 Å². The van der Waals surface area contributed by atoms with E-state index < -0.39 is 5.54 Å². The van der Waals surface area contributed by atoms with Crippen molar-refractivity contribution in [3.8, 4) is 0 Å². The normalized spacial score (nSPS) is 27.2. The Labute approximate surface area is 148 Å². The summed E-state index contributed by atoms with van der Waals surface area (Å²) < 4.78 is 0. The average molecular weight is 342 g/mol. The molecule has 2 fully saturated rings. The van der Waals surface area contributed by atoms with Crippen LogP contribution in [0.1, 0.15) is 31.7 Å². The summed E-state index contributed by atoms with van der Waals surface area (Å²) in [6, 6.07) is 9.78. The van der Waals surface area contributed by atoms with Crippen LogP contribution in [0, 0.1) is 11.3 Å². The number of benzene rings is 1. The second-order valence-electron chi connectivity index (χ2n) is 7.36. The van der Waals surface area contributed by atoms with Crippen LogP contribution in [-0.2, 0) is 16.0 Å². The zero-order valence-electron chi connectivity index (χ0n) is 14.9. The van der Waals surface area contributed by atoms with Gasteiger partial charge in [-0.25, -0.2) is 0 Å². The number of nitrogens with one attached hydrogen (secondary N) is 2. The predicted octanol–water partition coefficient (Wildman–Crippen LogP) is 1.61. The monoisotopic (exact) mass is 342 g/mol. The Morgan fingerprint density at radius 1 is 1.36 bits per heavy atom. The van der Waals surface area contributed by atoms with Crippen molar-refractivity contribution in [3.05, 3.63) is 35.9 Å². The molecule has 2 N–H and O–H groups in total. The van der Waals surface area contributed by atoms with Crippen molar-refractivity contribution < 1.29 is 9.59 Å². The van der Waals surface area contributed by atoms with Crippen LogP contribution >= 0.6 is 0 Å². The first-order valence-corrected chi connectivity index (χ1v) is 8.84. The fourth-order valence-electron chi connectivity index (χ4n) is 3.81. The molecule has 1 unspecified atom stereocenters. The fourth-order valence-corrected chi connectivity index (χ4v) is 3.81. The minimum atomic E-state index is -0.466. The molecule has 3 rings (SSSR count). The topological polar surface area (TPSA) is 76.5 Å². The van der Waals surface area contributed by atoms with Crippen LogP contribution in [-0.4, -0.2) is 53.2 Å². The molecule has 2 aliphatic heterocycles.